The number of amides is 1. The van der Waals surface area contributed by atoms with E-state index in [1.807, 2.05) is 62.4 Å². The van der Waals surface area contributed by atoms with E-state index in [1.165, 1.54) is 0 Å². The molecule has 0 heterocycles. The van der Waals surface area contributed by atoms with Crippen LogP contribution in [-0.2, 0) is 16.1 Å². The van der Waals surface area contributed by atoms with Gasteiger partial charge in [-0.3, -0.25) is 4.79 Å². The van der Waals surface area contributed by atoms with Gasteiger partial charge >= 0.3 is 0 Å². The quantitative estimate of drug-likeness (QED) is 0.670. The number of aryl methyl sites for hydroxylation is 1. The van der Waals surface area contributed by atoms with Crippen LogP contribution in [-0.4, -0.2) is 18.1 Å². The van der Waals surface area contributed by atoms with Crippen LogP contribution in [0.3, 0.4) is 0 Å². The zero-order valence-electron chi connectivity index (χ0n) is 16.5. The van der Waals surface area contributed by atoms with E-state index in [0.29, 0.717) is 19.1 Å². The summed E-state index contributed by atoms with van der Waals surface area (Å²) < 4.78 is 11.9. The van der Waals surface area contributed by atoms with E-state index >= 15 is 0 Å². The van der Waals surface area contributed by atoms with E-state index in [1.54, 1.807) is 0 Å². The molecule has 1 aliphatic carbocycles. The van der Waals surface area contributed by atoms with Gasteiger partial charge in [0.1, 0.15) is 18.0 Å². The molecule has 0 radical (unpaired) electrons. The molecule has 144 valence electrons. The molecule has 1 atom stereocenters. The third-order valence-corrected chi connectivity index (χ3v) is 5.08. The number of benzene rings is 2. The van der Waals surface area contributed by atoms with E-state index in [0.717, 1.165) is 41.8 Å². The van der Waals surface area contributed by atoms with Crippen LogP contribution in [0.25, 0.3) is 0 Å². The van der Waals surface area contributed by atoms with Gasteiger partial charge in [-0.1, -0.05) is 37.3 Å². The van der Waals surface area contributed by atoms with Crippen molar-refractivity contribution in [3.05, 3.63) is 59.7 Å². The zero-order chi connectivity index (χ0) is 19.3. The molecule has 0 aliphatic heterocycles. The summed E-state index contributed by atoms with van der Waals surface area (Å²) in [5.41, 5.74) is 2.15. The van der Waals surface area contributed by atoms with Gasteiger partial charge in [-0.05, 0) is 68.4 Å². The molecular formula is C23H29NO3. The minimum Gasteiger partial charge on any atom is -0.489 e. The Morgan fingerprint density at radius 1 is 1.19 bits per heavy atom. The number of rotatable bonds is 9. The molecule has 1 amide bonds. The smallest absolute Gasteiger partial charge is 0.256 e. The molecule has 1 saturated carbocycles. The number of anilines is 1. The molecule has 4 heteroatoms. The molecule has 1 N–H and O–H groups in total. The lowest BCUT2D eigenvalue weighted by Gasteiger charge is -2.28. The lowest BCUT2D eigenvalue weighted by Crippen LogP contribution is -2.45. The number of carbonyl (C=O) groups is 1. The van der Waals surface area contributed by atoms with Crippen molar-refractivity contribution in [2.24, 2.45) is 5.92 Å². The van der Waals surface area contributed by atoms with Crippen LogP contribution in [0.15, 0.2) is 48.5 Å². The average Bonchev–Trinajstić information content (AvgIpc) is 3.52. The zero-order valence-corrected chi connectivity index (χ0v) is 16.5. The van der Waals surface area contributed by atoms with Gasteiger partial charge in [0.05, 0.1) is 0 Å². The fourth-order valence-electron chi connectivity index (χ4n) is 3.20. The third kappa shape index (κ3) is 4.89. The number of nitrogens with one attached hydrogen (secondary N) is 1. The normalized spacial score (nSPS) is 15.8. The molecule has 0 spiro atoms. The Morgan fingerprint density at radius 3 is 2.56 bits per heavy atom. The van der Waals surface area contributed by atoms with Gasteiger partial charge in [-0.15, -0.1) is 0 Å². The van der Waals surface area contributed by atoms with Gasteiger partial charge in [0.25, 0.3) is 5.91 Å². The highest BCUT2D eigenvalue weighted by Gasteiger charge is 2.48. The number of hydrogen-bond acceptors (Lipinski definition) is 3. The summed E-state index contributed by atoms with van der Waals surface area (Å²) in [6, 6.07) is 15.8. The highest BCUT2D eigenvalue weighted by molar-refractivity contribution is 5.97. The molecule has 2 aromatic carbocycles. The maximum atomic E-state index is 12.9. The minimum atomic E-state index is -0.744. The second-order valence-electron chi connectivity index (χ2n) is 7.44. The number of hydrogen-bond donors (Lipinski definition) is 1. The fraction of sp³-hybridized carbons (Fsp3) is 0.435. The highest BCUT2D eigenvalue weighted by Crippen LogP contribution is 2.42. The maximum Gasteiger partial charge on any atom is 0.256 e. The molecule has 0 unspecified atom stereocenters. The first kappa shape index (κ1) is 19.4. The van der Waals surface area contributed by atoms with Crippen molar-refractivity contribution in [3.8, 4) is 5.75 Å². The SMILES string of the molecule is CCCO[C@](C)(C(=O)Nc1ccc(OCc2ccccc2)c(C)c1)C1CC1. The Labute approximate surface area is 161 Å². The molecule has 1 fully saturated rings. The second-order valence-corrected chi connectivity index (χ2v) is 7.44. The Hall–Kier alpha value is -2.33. The summed E-state index contributed by atoms with van der Waals surface area (Å²) in [6.45, 7) is 7.09. The fourth-order valence-corrected chi connectivity index (χ4v) is 3.20. The predicted molar refractivity (Wildman–Crippen MR) is 108 cm³/mol. The Balaban J connectivity index is 1.63. The summed E-state index contributed by atoms with van der Waals surface area (Å²) >= 11 is 0. The summed E-state index contributed by atoms with van der Waals surface area (Å²) in [4.78, 5) is 12.9. The van der Waals surface area contributed by atoms with Crippen LogP contribution >= 0.6 is 0 Å². The van der Waals surface area contributed by atoms with Crippen molar-refractivity contribution in [1.82, 2.24) is 0 Å². The van der Waals surface area contributed by atoms with Crippen molar-refractivity contribution in [3.63, 3.8) is 0 Å². The summed E-state index contributed by atoms with van der Waals surface area (Å²) in [6.07, 6.45) is 3.01. The Kier molecular flexibility index (Phi) is 6.17. The van der Waals surface area contributed by atoms with Crippen molar-refractivity contribution in [2.45, 2.75) is 52.2 Å². The van der Waals surface area contributed by atoms with E-state index in [2.05, 4.69) is 12.2 Å². The lowest BCUT2D eigenvalue weighted by molar-refractivity contribution is -0.142. The van der Waals surface area contributed by atoms with Crippen LogP contribution in [0.1, 0.15) is 44.2 Å². The molecule has 0 bridgehead atoms. The first-order valence-electron chi connectivity index (χ1n) is 9.75. The van der Waals surface area contributed by atoms with Gasteiger partial charge in [0.2, 0.25) is 0 Å². The van der Waals surface area contributed by atoms with Crippen LogP contribution in [0, 0.1) is 12.8 Å². The van der Waals surface area contributed by atoms with Crippen LogP contribution in [0.4, 0.5) is 5.69 Å². The van der Waals surface area contributed by atoms with Gasteiger partial charge in [-0.2, -0.15) is 0 Å². The van der Waals surface area contributed by atoms with E-state index in [4.69, 9.17) is 9.47 Å². The molecule has 4 nitrogen and oxygen atoms in total. The molecular weight excluding hydrogens is 338 g/mol. The molecule has 3 rings (SSSR count). The lowest BCUT2D eigenvalue weighted by atomic mass is 9.98. The molecule has 2 aromatic rings. The topological polar surface area (TPSA) is 47.6 Å². The number of ether oxygens (including phenoxy) is 2. The number of carbonyl (C=O) groups excluding carboxylic acids is 1. The van der Waals surface area contributed by atoms with E-state index < -0.39 is 5.60 Å². The molecule has 0 saturated heterocycles. The van der Waals surface area contributed by atoms with Gasteiger partial charge in [-0.25, -0.2) is 0 Å². The standard InChI is InChI=1S/C23H29NO3/c1-4-14-27-23(3,19-10-11-19)22(25)24-20-12-13-21(17(2)15-20)26-16-18-8-6-5-7-9-18/h5-9,12-13,15,19H,4,10-11,14,16H2,1-3H3,(H,24,25)/t23-/m0/s1. The van der Waals surface area contributed by atoms with Gasteiger partial charge < -0.3 is 14.8 Å². The van der Waals surface area contributed by atoms with Crippen molar-refractivity contribution >= 4 is 11.6 Å². The summed E-state index contributed by atoms with van der Waals surface area (Å²) in [5, 5.41) is 3.04. The largest absolute Gasteiger partial charge is 0.489 e. The Bertz CT molecular complexity index is 770. The molecule has 0 aromatic heterocycles. The first-order valence-corrected chi connectivity index (χ1v) is 9.75. The van der Waals surface area contributed by atoms with Crippen LogP contribution < -0.4 is 10.1 Å². The monoisotopic (exact) mass is 367 g/mol. The molecule has 27 heavy (non-hydrogen) atoms. The Morgan fingerprint density at radius 2 is 1.93 bits per heavy atom. The highest BCUT2D eigenvalue weighted by atomic mass is 16.5. The summed E-state index contributed by atoms with van der Waals surface area (Å²) in [7, 11) is 0. The molecule has 1 aliphatic rings. The van der Waals surface area contributed by atoms with E-state index in [9.17, 15) is 4.79 Å². The van der Waals surface area contributed by atoms with E-state index in [-0.39, 0.29) is 5.91 Å². The third-order valence-electron chi connectivity index (χ3n) is 5.08. The maximum absolute atomic E-state index is 12.9. The minimum absolute atomic E-state index is 0.0594. The average molecular weight is 367 g/mol. The second kappa shape index (κ2) is 8.57. The van der Waals surface area contributed by atoms with Gasteiger partial charge in [0.15, 0.2) is 0 Å². The van der Waals surface area contributed by atoms with Crippen molar-refractivity contribution in [1.29, 1.82) is 0 Å². The summed E-state index contributed by atoms with van der Waals surface area (Å²) in [5.74, 6) is 1.08. The predicted octanol–water partition coefficient (Wildman–Crippen LogP) is 5.11. The van der Waals surface area contributed by atoms with Crippen molar-refractivity contribution < 1.29 is 14.3 Å². The first-order chi connectivity index (χ1) is 13.0. The van der Waals surface area contributed by atoms with Gasteiger partial charge in [0, 0.05) is 12.3 Å². The van der Waals surface area contributed by atoms with Crippen LogP contribution in [0.5, 0.6) is 5.75 Å². The van der Waals surface area contributed by atoms with Crippen molar-refractivity contribution in [2.75, 3.05) is 11.9 Å². The van der Waals surface area contributed by atoms with Crippen LogP contribution in [0.2, 0.25) is 0 Å².